The Balaban J connectivity index is 1.50. The van der Waals surface area contributed by atoms with Gasteiger partial charge in [0, 0.05) is 16.6 Å². The topological polar surface area (TPSA) is 93.5 Å². The van der Waals surface area contributed by atoms with E-state index in [9.17, 15) is 14.9 Å². The zero-order valence-corrected chi connectivity index (χ0v) is 18.3. The zero-order valence-electron chi connectivity index (χ0n) is 16.6. The number of para-hydroxylation sites is 1. The Hall–Kier alpha value is -3.30. The Kier molecular flexibility index (Phi) is 5.97. The van der Waals surface area contributed by atoms with Crippen LogP contribution in [0.15, 0.2) is 48.5 Å². The quantitative estimate of drug-likeness (QED) is 0.231. The summed E-state index contributed by atoms with van der Waals surface area (Å²) in [6, 6.07) is 13.8. The van der Waals surface area contributed by atoms with Gasteiger partial charge in [0.2, 0.25) is 0 Å². The van der Waals surface area contributed by atoms with Gasteiger partial charge < -0.3 is 15.4 Å². The highest BCUT2D eigenvalue weighted by Crippen LogP contribution is 2.39. The van der Waals surface area contributed by atoms with E-state index in [0.29, 0.717) is 21.2 Å². The van der Waals surface area contributed by atoms with Gasteiger partial charge in [-0.2, -0.15) is 0 Å². The van der Waals surface area contributed by atoms with E-state index in [0.717, 1.165) is 36.1 Å². The van der Waals surface area contributed by atoms with Gasteiger partial charge in [0.1, 0.15) is 5.00 Å². The Labute approximate surface area is 188 Å². The minimum absolute atomic E-state index is 0.0569. The molecule has 7 nitrogen and oxygen atoms in total. The molecule has 0 amide bonds. The van der Waals surface area contributed by atoms with Gasteiger partial charge in [-0.15, -0.1) is 11.3 Å². The number of carbonyl (C=O) groups excluding carboxylic acids is 1. The highest BCUT2D eigenvalue weighted by molar-refractivity contribution is 7.80. The van der Waals surface area contributed by atoms with Crippen LogP contribution < -0.4 is 10.6 Å². The first kappa shape index (κ1) is 21.0. The molecule has 0 radical (unpaired) electrons. The lowest BCUT2D eigenvalue weighted by atomic mass is 10.0. The van der Waals surface area contributed by atoms with Gasteiger partial charge in [0.05, 0.1) is 23.2 Å². The van der Waals surface area contributed by atoms with Crippen molar-refractivity contribution in [3.63, 3.8) is 0 Å². The van der Waals surface area contributed by atoms with Crippen molar-refractivity contribution in [3.8, 4) is 11.1 Å². The van der Waals surface area contributed by atoms with Crippen LogP contribution in [0.1, 0.15) is 27.2 Å². The first-order valence-corrected chi connectivity index (χ1v) is 10.8. The summed E-state index contributed by atoms with van der Waals surface area (Å²) in [7, 11) is 1.38. The summed E-state index contributed by atoms with van der Waals surface area (Å²) < 4.78 is 4.96. The summed E-state index contributed by atoms with van der Waals surface area (Å²) in [4.78, 5) is 24.3. The maximum atomic E-state index is 12.3. The number of aryl methyl sites for hydroxylation is 1. The molecular formula is C22H19N3O4S2. The van der Waals surface area contributed by atoms with E-state index in [1.165, 1.54) is 29.4 Å². The van der Waals surface area contributed by atoms with Crippen LogP contribution in [0.5, 0.6) is 0 Å². The van der Waals surface area contributed by atoms with Gasteiger partial charge in [-0.1, -0.05) is 24.3 Å². The fraction of sp³-hybridized carbons (Fsp3) is 0.182. The average Bonchev–Trinajstić information content (AvgIpc) is 3.34. The van der Waals surface area contributed by atoms with Crippen molar-refractivity contribution < 1.29 is 14.5 Å². The Morgan fingerprint density at radius 2 is 1.87 bits per heavy atom. The van der Waals surface area contributed by atoms with Crippen molar-refractivity contribution in [3.05, 3.63) is 74.6 Å². The third kappa shape index (κ3) is 4.28. The van der Waals surface area contributed by atoms with Gasteiger partial charge in [-0.05, 0) is 60.8 Å². The van der Waals surface area contributed by atoms with Crippen molar-refractivity contribution in [1.82, 2.24) is 0 Å². The molecule has 0 unspecified atom stereocenters. The lowest BCUT2D eigenvalue weighted by Crippen LogP contribution is -2.20. The zero-order chi connectivity index (χ0) is 22.0. The van der Waals surface area contributed by atoms with Crippen molar-refractivity contribution in [1.29, 1.82) is 0 Å². The van der Waals surface area contributed by atoms with E-state index in [4.69, 9.17) is 17.0 Å². The van der Waals surface area contributed by atoms with Crippen LogP contribution in [0, 0.1) is 10.1 Å². The first-order chi connectivity index (χ1) is 15.0. The number of nitrogens with one attached hydrogen (secondary N) is 2. The standard InChI is InChI=1S/C22H19N3O4S2/c1-29-21(26)19-16-6-4-8-18(16)31-20(19)24-22(30)23-14-11-9-13(10-12-14)15-5-2-3-7-17(15)25(27)28/h2-3,5,7,9-12H,4,6,8H2,1H3,(H2,23,24,30). The minimum atomic E-state index is -0.391. The van der Waals surface area contributed by atoms with Gasteiger partial charge in [-0.3, -0.25) is 10.1 Å². The summed E-state index contributed by atoms with van der Waals surface area (Å²) in [5.74, 6) is -0.362. The molecule has 3 aromatic rings. The molecule has 0 saturated carbocycles. The second-order valence-corrected chi connectivity index (χ2v) is 8.50. The lowest BCUT2D eigenvalue weighted by molar-refractivity contribution is -0.384. The number of nitro groups is 1. The molecule has 158 valence electrons. The van der Waals surface area contributed by atoms with E-state index in [2.05, 4.69) is 10.6 Å². The molecule has 1 heterocycles. The molecule has 0 bridgehead atoms. The van der Waals surface area contributed by atoms with Gasteiger partial charge in [-0.25, -0.2) is 4.79 Å². The van der Waals surface area contributed by atoms with Crippen molar-refractivity contribution in [2.24, 2.45) is 0 Å². The highest BCUT2D eigenvalue weighted by Gasteiger charge is 2.27. The summed E-state index contributed by atoms with van der Waals surface area (Å²) in [6.45, 7) is 0. The van der Waals surface area contributed by atoms with Crippen LogP contribution in [0.3, 0.4) is 0 Å². The number of methoxy groups -OCH3 is 1. The number of anilines is 2. The van der Waals surface area contributed by atoms with Crippen molar-refractivity contribution >= 4 is 51.0 Å². The Morgan fingerprint density at radius 3 is 2.58 bits per heavy atom. The molecule has 0 atom stereocenters. The van der Waals surface area contributed by atoms with E-state index in [1.54, 1.807) is 42.5 Å². The molecule has 0 aliphatic heterocycles. The number of nitrogens with zero attached hydrogens (tertiary/aromatic N) is 1. The number of nitro benzene ring substituents is 1. The van der Waals surface area contributed by atoms with Crippen LogP contribution in [-0.2, 0) is 17.6 Å². The Morgan fingerprint density at radius 1 is 1.13 bits per heavy atom. The lowest BCUT2D eigenvalue weighted by Gasteiger charge is -2.12. The van der Waals surface area contributed by atoms with Crippen LogP contribution in [-0.4, -0.2) is 23.1 Å². The van der Waals surface area contributed by atoms with Gasteiger partial charge >= 0.3 is 5.97 Å². The first-order valence-electron chi connectivity index (χ1n) is 9.62. The fourth-order valence-corrected chi connectivity index (χ4v) is 5.25. The molecular weight excluding hydrogens is 434 g/mol. The van der Waals surface area contributed by atoms with E-state index in [-0.39, 0.29) is 11.7 Å². The number of hydrogen-bond acceptors (Lipinski definition) is 6. The minimum Gasteiger partial charge on any atom is -0.465 e. The molecule has 0 saturated heterocycles. The number of rotatable bonds is 5. The largest absolute Gasteiger partial charge is 0.465 e. The molecule has 4 rings (SSSR count). The summed E-state index contributed by atoms with van der Waals surface area (Å²) >= 11 is 6.96. The molecule has 0 fully saturated rings. The van der Waals surface area contributed by atoms with E-state index < -0.39 is 4.92 Å². The number of carbonyl (C=O) groups is 1. The summed E-state index contributed by atoms with van der Waals surface area (Å²) in [6.07, 6.45) is 2.87. The second kappa shape index (κ2) is 8.83. The second-order valence-electron chi connectivity index (χ2n) is 6.98. The maximum absolute atomic E-state index is 12.3. The predicted molar refractivity (Wildman–Crippen MR) is 126 cm³/mol. The number of thiophene rings is 1. The molecule has 0 spiro atoms. The van der Waals surface area contributed by atoms with E-state index >= 15 is 0 Å². The predicted octanol–water partition coefficient (Wildman–Crippen LogP) is 5.41. The molecule has 2 N–H and O–H groups in total. The fourth-order valence-electron chi connectivity index (χ4n) is 3.69. The number of esters is 1. The average molecular weight is 454 g/mol. The number of hydrogen-bond donors (Lipinski definition) is 2. The SMILES string of the molecule is COC(=O)c1c(NC(=S)Nc2ccc(-c3ccccc3[N+](=O)[O-])cc2)sc2c1CCC2. The number of thiocarbonyl (C=S) groups is 1. The molecule has 1 aliphatic rings. The third-order valence-corrected chi connectivity index (χ3v) is 6.50. The summed E-state index contributed by atoms with van der Waals surface area (Å²) in [5.41, 5.74) is 3.69. The Bertz CT molecular complexity index is 1170. The van der Waals surface area contributed by atoms with Crippen LogP contribution >= 0.6 is 23.6 Å². The van der Waals surface area contributed by atoms with Crippen molar-refractivity contribution in [2.75, 3.05) is 17.7 Å². The van der Waals surface area contributed by atoms with Crippen molar-refractivity contribution in [2.45, 2.75) is 19.3 Å². The number of ether oxygens (including phenoxy) is 1. The van der Waals surface area contributed by atoms with Crippen LogP contribution in [0.2, 0.25) is 0 Å². The van der Waals surface area contributed by atoms with E-state index in [1.807, 2.05) is 0 Å². The molecule has 2 aromatic carbocycles. The smallest absolute Gasteiger partial charge is 0.341 e. The highest BCUT2D eigenvalue weighted by atomic mass is 32.1. The van der Waals surface area contributed by atoms with Gasteiger partial charge in [0.25, 0.3) is 5.69 Å². The normalized spacial score (nSPS) is 12.2. The molecule has 1 aliphatic carbocycles. The van der Waals surface area contributed by atoms with Gasteiger partial charge in [0.15, 0.2) is 5.11 Å². The molecule has 31 heavy (non-hydrogen) atoms. The number of benzene rings is 2. The third-order valence-electron chi connectivity index (χ3n) is 5.09. The summed E-state index contributed by atoms with van der Waals surface area (Å²) in [5, 5.41) is 18.5. The number of fused-ring (bicyclic) bond motifs is 1. The maximum Gasteiger partial charge on any atom is 0.341 e. The molecule has 1 aromatic heterocycles. The van der Waals surface area contributed by atoms with Crippen LogP contribution in [0.4, 0.5) is 16.4 Å². The van der Waals surface area contributed by atoms with Crippen LogP contribution in [0.25, 0.3) is 11.1 Å². The molecule has 9 heteroatoms. The monoisotopic (exact) mass is 453 g/mol.